The fourth-order valence-corrected chi connectivity index (χ4v) is 3.77. The van der Waals surface area contributed by atoms with Gasteiger partial charge in [0.2, 0.25) is 5.91 Å². The van der Waals surface area contributed by atoms with E-state index in [9.17, 15) is 9.59 Å². The van der Waals surface area contributed by atoms with Crippen molar-refractivity contribution in [3.63, 3.8) is 0 Å². The predicted molar refractivity (Wildman–Crippen MR) is 134 cm³/mol. The highest BCUT2D eigenvalue weighted by atomic mass is 35.5. The van der Waals surface area contributed by atoms with Gasteiger partial charge in [-0.15, -0.1) is 0 Å². The molecule has 33 heavy (non-hydrogen) atoms. The van der Waals surface area contributed by atoms with Gasteiger partial charge in [-0.1, -0.05) is 29.8 Å². The van der Waals surface area contributed by atoms with E-state index < -0.39 is 0 Å². The number of anilines is 1. The molecule has 3 rings (SSSR count). The average Bonchev–Trinajstić information content (AvgIpc) is 3.00. The Morgan fingerprint density at radius 3 is 2.52 bits per heavy atom. The van der Waals surface area contributed by atoms with E-state index in [1.54, 1.807) is 24.3 Å². The Kier molecular flexibility index (Phi) is 7.71. The fourth-order valence-electron chi connectivity index (χ4n) is 3.57. The van der Waals surface area contributed by atoms with Crippen LogP contribution in [0.3, 0.4) is 0 Å². The van der Waals surface area contributed by atoms with E-state index in [4.69, 9.17) is 11.6 Å². The Morgan fingerprint density at radius 2 is 1.85 bits per heavy atom. The van der Waals surface area contributed by atoms with Crippen LogP contribution in [-0.2, 0) is 11.3 Å². The number of nitrogens with one attached hydrogen (secondary N) is 2. The lowest BCUT2D eigenvalue weighted by Crippen LogP contribution is -2.30. The first kappa shape index (κ1) is 24.3. The minimum absolute atomic E-state index is 0.0577. The van der Waals surface area contributed by atoms with E-state index in [1.165, 1.54) is 6.08 Å². The number of halogens is 1. The smallest absolute Gasteiger partial charge is 0.251 e. The van der Waals surface area contributed by atoms with Crippen molar-refractivity contribution in [1.82, 2.24) is 15.1 Å². The summed E-state index contributed by atoms with van der Waals surface area (Å²) in [6.45, 7) is 10.1. The molecule has 2 amide bonds. The number of carbonyl (C=O) groups is 2. The van der Waals surface area contributed by atoms with Gasteiger partial charge in [0.05, 0.1) is 12.2 Å². The molecule has 0 saturated carbocycles. The Balaban J connectivity index is 1.70. The van der Waals surface area contributed by atoms with Crippen molar-refractivity contribution >= 4 is 35.2 Å². The van der Waals surface area contributed by atoms with Gasteiger partial charge in [0, 0.05) is 39.6 Å². The monoisotopic (exact) mass is 464 g/mol. The molecule has 172 valence electrons. The topological polar surface area (TPSA) is 76.0 Å². The fraction of sp³-hybridized carbons (Fsp3) is 0.269. The number of amides is 2. The van der Waals surface area contributed by atoms with Crippen LogP contribution in [0.1, 0.15) is 52.3 Å². The van der Waals surface area contributed by atoms with Crippen LogP contribution in [0.2, 0.25) is 5.02 Å². The molecule has 3 aromatic rings. The van der Waals surface area contributed by atoms with Gasteiger partial charge in [0.15, 0.2) is 0 Å². The Bertz CT molecular complexity index is 1210. The summed E-state index contributed by atoms with van der Waals surface area (Å²) in [5.41, 5.74) is 5.68. The second-order valence-corrected chi connectivity index (χ2v) is 8.72. The van der Waals surface area contributed by atoms with E-state index in [0.29, 0.717) is 22.8 Å². The molecule has 2 aromatic carbocycles. The molecular formula is C26H29ClN4O2. The second-order valence-electron chi connectivity index (χ2n) is 8.31. The zero-order chi connectivity index (χ0) is 24.1. The number of rotatable bonds is 7. The molecule has 0 fully saturated rings. The molecule has 0 saturated heterocycles. The number of benzene rings is 2. The van der Waals surface area contributed by atoms with Crippen LogP contribution in [0.15, 0.2) is 48.5 Å². The molecule has 0 unspecified atom stereocenters. The molecule has 0 atom stereocenters. The molecule has 0 aliphatic carbocycles. The summed E-state index contributed by atoms with van der Waals surface area (Å²) in [5.74, 6) is -0.383. The van der Waals surface area contributed by atoms with Crippen LogP contribution in [0.4, 0.5) is 5.69 Å². The average molecular weight is 465 g/mol. The van der Waals surface area contributed by atoms with Gasteiger partial charge in [0.25, 0.3) is 5.91 Å². The van der Waals surface area contributed by atoms with Crippen molar-refractivity contribution in [1.29, 1.82) is 0 Å². The molecule has 7 heteroatoms. The molecule has 6 nitrogen and oxygen atoms in total. The number of hydrogen-bond donors (Lipinski definition) is 2. The van der Waals surface area contributed by atoms with E-state index in [-0.39, 0.29) is 17.9 Å². The van der Waals surface area contributed by atoms with Crippen LogP contribution in [0.25, 0.3) is 6.08 Å². The molecule has 0 aliphatic heterocycles. The highest BCUT2D eigenvalue weighted by molar-refractivity contribution is 6.31. The number of aromatic nitrogens is 2. The lowest BCUT2D eigenvalue weighted by Gasteiger charge is -2.11. The zero-order valence-electron chi connectivity index (χ0n) is 19.6. The summed E-state index contributed by atoms with van der Waals surface area (Å²) < 4.78 is 1.89. The largest absolute Gasteiger partial charge is 0.350 e. The minimum Gasteiger partial charge on any atom is -0.350 e. The molecule has 2 N–H and O–H groups in total. The second kappa shape index (κ2) is 10.5. The summed E-state index contributed by atoms with van der Waals surface area (Å²) in [4.78, 5) is 24.7. The summed E-state index contributed by atoms with van der Waals surface area (Å²) in [6, 6.07) is 13.0. The Hall–Kier alpha value is -3.38. The van der Waals surface area contributed by atoms with Crippen LogP contribution >= 0.6 is 11.6 Å². The molecule has 0 bridgehead atoms. The minimum atomic E-state index is -0.258. The summed E-state index contributed by atoms with van der Waals surface area (Å²) >= 11 is 6.28. The molecule has 0 aliphatic rings. The first-order chi connectivity index (χ1) is 15.7. The normalized spacial score (nSPS) is 11.2. The molecule has 1 heterocycles. The van der Waals surface area contributed by atoms with E-state index in [0.717, 1.165) is 28.1 Å². The first-order valence-electron chi connectivity index (χ1n) is 10.8. The molecule has 0 spiro atoms. The van der Waals surface area contributed by atoms with Crippen molar-refractivity contribution < 1.29 is 9.59 Å². The van der Waals surface area contributed by atoms with Gasteiger partial charge in [-0.3, -0.25) is 14.3 Å². The predicted octanol–water partition coefficient (Wildman–Crippen LogP) is 5.30. The maximum Gasteiger partial charge on any atom is 0.251 e. The first-order valence-corrected chi connectivity index (χ1v) is 11.2. The third kappa shape index (κ3) is 6.11. The Morgan fingerprint density at radius 1 is 1.12 bits per heavy atom. The highest BCUT2D eigenvalue weighted by Gasteiger charge is 2.13. The third-order valence-corrected chi connectivity index (χ3v) is 5.64. The lowest BCUT2D eigenvalue weighted by molar-refractivity contribution is -0.111. The van der Waals surface area contributed by atoms with Crippen molar-refractivity contribution in [2.75, 3.05) is 5.32 Å². The quantitative estimate of drug-likeness (QED) is 0.466. The van der Waals surface area contributed by atoms with Crippen molar-refractivity contribution in [3.8, 4) is 0 Å². The highest BCUT2D eigenvalue weighted by Crippen LogP contribution is 2.21. The van der Waals surface area contributed by atoms with Gasteiger partial charge in [-0.05, 0) is 76.1 Å². The van der Waals surface area contributed by atoms with Crippen molar-refractivity contribution in [2.45, 2.75) is 47.2 Å². The van der Waals surface area contributed by atoms with Gasteiger partial charge < -0.3 is 10.6 Å². The molecular weight excluding hydrogens is 436 g/mol. The van der Waals surface area contributed by atoms with Crippen molar-refractivity contribution in [3.05, 3.63) is 87.2 Å². The van der Waals surface area contributed by atoms with E-state index in [1.807, 2.05) is 63.6 Å². The van der Waals surface area contributed by atoms with E-state index >= 15 is 0 Å². The molecule has 1 aromatic heterocycles. The van der Waals surface area contributed by atoms with Gasteiger partial charge in [-0.25, -0.2) is 0 Å². The van der Waals surface area contributed by atoms with Crippen molar-refractivity contribution in [2.24, 2.45) is 0 Å². The number of carbonyl (C=O) groups excluding carboxylic acids is 2. The number of hydrogen-bond acceptors (Lipinski definition) is 3. The van der Waals surface area contributed by atoms with Crippen LogP contribution < -0.4 is 10.6 Å². The maximum atomic E-state index is 12.5. The SMILES string of the molecule is Cc1cc(NC(=O)C=Cc2c(C)nn(Cc3ccccc3Cl)c2C)ccc1C(=O)NC(C)C. The summed E-state index contributed by atoms with van der Waals surface area (Å²) in [5, 5.41) is 11.0. The van der Waals surface area contributed by atoms with E-state index in [2.05, 4.69) is 15.7 Å². The standard InChI is InChI=1S/C26H29ClN4O2/c1-16(2)28-26(33)22-11-10-21(14-17(22)3)29-25(32)13-12-23-18(4)30-31(19(23)5)15-20-8-6-7-9-24(20)27/h6-14,16H,15H2,1-5H3,(H,28,33)(H,29,32). The van der Waals surface area contributed by atoms with Gasteiger partial charge in [-0.2, -0.15) is 5.10 Å². The lowest BCUT2D eigenvalue weighted by atomic mass is 10.1. The maximum absolute atomic E-state index is 12.5. The molecule has 0 radical (unpaired) electrons. The zero-order valence-corrected chi connectivity index (χ0v) is 20.3. The van der Waals surface area contributed by atoms with Crippen LogP contribution in [0, 0.1) is 20.8 Å². The number of nitrogens with zero attached hydrogens (tertiary/aromatic N) is 2. The van der Waals surface area contributed by atoms with Crippen LogP contribution in [0.5, 0.6) is 0 Å². The number of aryl methyl sites for hydroxylation is 2. The summed E-state index contributed by atoms with van der Waals surface area (Å²) in [6.07, 6.45) is 3.26. The summed E-state index contributed by atoms with van der Waals surface area (Å²) in [7, 11) is 0. The van der Waals surface area contributed by atoms with Gasteiger partial charge in [0.1, 0.15) is 0 Å². The Labute approximate surface area is 199 Å². The third-order valence-electron chi connectivity index (χ3n) is 5.28. The van der Waals surface area contributed by atoms with Gasteiger partial charge >= 0.3 is 0 Å². The van der Waals surface area contributed by atoms with Crippen LogP contribution in [-0.4, -0.2) is 27.6 Å².